The summed E-state index contributed by atoms with van der Waals surface area (Å²) in [6, 6.07) is 8.89. The molecule has 6 nitrogen and oxygen atoms in total. The number of nitrogens with zero attached hydrogens (tertiary/aromatic N) is 1. The Hall–Kier alpha value is -2.34. The molecule has 0 saturated heterocycles. The average molecular weight is 272 g/mol. The van der Waals surface area contributed by atoms with Crippen molar-refractivity contribution in [2.24, 2.45) is 0 Å². The molecule has 2 amide bonds. The lowest BCUT2D eigenvalue weighted by atomic mass is 10.1. The Morgan fingerprint density at radius 3 is 3.05 bits per heavy atom. The molecule has 0 spiro atoms. The molecule has 1 aromatic carbocycles. The van der Waals surface area contributed by atoms with Crippen molar-refractivity contribution in [3.05, 3.63) is 53.3 Å². The van der Waals surface area contributed by atoms with Gasteiger partial charge in [0, 0.05) is 12.6 Å². The summed E-state index contributed by atoms with van der Waals surface area (Å²) in [5.41, 5.74) is 2.89. The molecular formula is C14H16N4O2. The van der Waals surface area contributed by atoms with E-state index in [2.05, 4.69) is 20.8 Å². The summed E-state index contributed by atoms with van der Waals surface area (Å²) < 4.78 is 0. The quantitative estimate of drug-likeness (QED) is 0.668. The van der Waals surface area contributed by atoms with Crippen LogP contribution in [0.1, 0.15) is 22.9 Å². The lowest BCUT2D eigenvalue weighted by Crippen LogP contribution is -2.40. The first kappa shape index (κ1) is 12.7. The van der Waals surface area contributed by atoms with E-state index in [1.165, 1.54) is 0 Å². The zero-order chi connectivity index (χ0) is 13.9. The molecule has 3 rings (SSSR count). The van der Waals surface area contributed by atoms with Crippen molar-refractivity contribution in [1.82, 2.24) is 20.8 Å². The van der Waals surface area contributed by atoms with Crippen LogP contribution in [0.15, 0.2) is 36.5 Å². The lowest BCUT2D eigenvalue weighted by molar-refractivity contribution is 0.142. The number of aliphatic hydroxyl groups excluding tert-OH is 1. The van der Waals surface area contributed by atoms with Crippen molar-refractivity contribution in [3.8, 4) is 0 Å². The summed E-state index contributed by atoms with van der Waals surface area (Å²) >= 11 is 0. The number of nitrogens with one attached hydrogen (secondary N) is 3. The fourth-order valence-electron chi connectivity index (χ4n) is 2.50. The third-order valence-electron chi connectivity index (χ3n) is 3.49. The van der Waals surface area contributed by atoms with Crippen molar-refractivity contribution in [2.75, 3.05) is 0 Å². The molecule has 0 aliphatic heterocycles. The van der Waals surface area contributed by atoms with E-state index >= 15 is 0 Å². The molecule has 6 heteroatoms. The van der Waals surface area contributed by atoms with Gasteiger partial charge >= 0.3 is 6.03 Å². The van der Waals surface area contributed by atoms with Crippen LogP contribution in [0, 0.1) is 0 Å². The number of hydrogen-bond acceptors (Lipinski definition) is 3. The minimum absolute atomic E-state index is 0.305. The number of aromatic nitrogens is 2. The van der Waals surface area contributed by atoms with Crippen LogP contribution in [-0.4, -0.2) is 27.4 Å². The van der Waals surface area contributed by atoms with E-state index in [1.807, 2.05) is 24.3 Å². The molecule has 1 aliphatic rings. The van der Waals surface area contributed by atoms with Crippen LogP contribution in [0.5, 0.6) is 0 Å². The second-order valence-corrected chi connectivity index (χ2v) is 4.86. The van der Waals surface area contributed by atoms with E-state index in [0.717, 1.165) is 16.8 Å². The SMILES string of the molecule is O=C(NCc1ccn[nH]1)N[C@@H]1c2ccccc2C[C@@H]1O. The second-order valence-electron chi connectivity index (χ2n) is 4.86. The third-order valence-corrected chi connectivity index (χ3v) is 3.49. The Kier molecular flexibility index (Phi) is 3.39. The summed E-state index contributed by atoms with van der Waals surface area (Å²) in [5.74, 6) is 0. The first-order chi connectivity index (χ1) is 9.74. The largest absolute Gasteiger partial charge is 0.390 e. The van der Waals surface area contributed by atoms with Gasteiger partial charge in [0.2, 0.25) is 0 Å². The number of carbonyl (C=O) groups is 1. The van der Waals surface area contributed by atoms with Gasteiger partial charge in [0.05, 0.1) is 24.4 Å². The van der Waals surface area contributed by atoms with E-state index in [1.54, 1.807) is 12.3 Å². The van der Waals surface area contributed by atoms with E-state index < -0.39 is 6.10 Å². The van der Waals surface area contributed by atoms with Gasteiger partial charge in [-0.15, -0.1) is 0 Å². The molecule has 104 valence electrons. The number of urea groups is 1. The van der Waals surface area contributed by atoms with Gasteiger partial charge in [0.25, 0.3) is 0 Å². The number of carbonyl (C=O) groups excluding carboxylic acids is 1. The van der Waals surface area contributed by atoms with E-state index in [-0.39, 0.29) is 12.1 Å². The van der Waals surface area contributed by atoms with Crippen molar-refractivity contribution in [3.63, 3.8) is 0 Å². The molecule has 0 radical (unpaired) electrons. The van der Waals surface area contributed by atoms with Crippen LogP contribution in [0.25, 0.3) is 0 Å². The number of benzene rings is 1. The maximum absolute atomic E-state index is 11.9. The fraction of sp³-hybridized carbons (Fsp3) is 0.286. The molecule has 0 fully saturated rings. The highest BCUT2D eigenvalue weighted by Gasteiger charge is 2.31. The number of rotatable bonds is 3. The Bertz CT molecular complexity index is 597. The van der Waals surface area contributed by atoms with Crippen LogP contribution in [0.4, 0.5) is 4.79 Å². The maximum Gasteiger partial charge on any atom is 0.315 e. The second kappa shape index (κ2) is 5.34. The Balaban J connectivity index is 1.61. The van der Waals surface area contributed by atoms with Gasteiger partial charge in [-0.2, -0.15) is 5.10 Å². The van der Waals surface area contributed by atoms with E-state index in [4.69, 9.17) is 0 Å². The summed E-state index contributed by atoms with van der Waals surface area (Å²) in [6.45, 7) is 0.371. The minimum atomic E-state index is -0.578. The summed E-state index contributed by atoms with van der Waals surface area (Å²) in [5, 5.41) is 22.2. The van der Waals surface area contributed by atoms with Crippen LogP contribution in [0.3, 0.4) is 0 Å². The molecular weight excluding hydrogens is 256 g/mol. The molecule has 4 N–H and O–H groups in total. The highest BCUT2D eigenvalue weighted by Crippen LogP contribution is 2.30. The van der Waals surface area contributed by atoms with Crippen molar-refractivity contribution in [2.45, 2.75) is 25.1 Å². The van der Waals surface area contributed by atoms with Gasteiger partial charge in [-0.05, 0) is 17.2 Å². The topological polar surface area (TPSA) is 90.0 Å². The standard InChI is InChI=1S/C14H16N4O2/c19-12-7-9-3-1-2-4-11(9)13(12)17-14(20)15-8-10-5-6-16-18-10/h1-6,12-13,19H,7-8H2,(H,16,18)(H2,15,17,20)/t12-,13+/m0/s1. The van der Waals surface area contributed by atoms with E-state index in [9.17, 15) is 9.90 Å². The van der Waals surface area contributed by atoms with Crippen LogP contribution in [0.2, 0.25) is 0 Å². The van der Waals surface area contributed by atoms with Gasteiger partial charge in [0.15, 0.2) is 0 Å². The number of H-pyrrole nitrogens is 1. The number of aromatic amines is 1. The number of fused-ring (bicyclic) bond motifs is 1. The molecule has 2 aromatic rings. The van der Waals surface area contributed by atoms with Crippen LogP contribution >= 0.6 is 0 Å². The Labute approximate surface area is 116 Å². The van der Waals surface area contributed by atoms with E-state index in [0.29, 0.717) is 13.0 Å². The molecule has 0 bridgehead atoms. The van der Waals surface area contributed by atoms with Gasteiger partial charge in [-0.1, -0.05) is 24.3 Å². The predicted molar refractivity (Wildman–Crippen MR) is 72.9 cm³/mol. The molecule has 20 heavy (non-hydrogen) atoms. The predicted octanol–water partition coefficient (Wildman–Crippen LogP) is 0.867. The van der Waals surface area contributed by atoms with Crippen molar-refractivity contribution in [1.29, 1.82) is 0 Å². The number of hydrogen-bond donors (Lipinski definition) is 4. The molecule has 0 saturated carbocycles. The maximum atomic E-state index is 11.9. The normalized spacial score (nSPS) is 20.4. The summed E-state index contributed by atoms with van der Waals surface area (Å²) in [6.07, 6.45) is 1.62. The zero-order valence-corrected chi connectivity index (χ0v) is 10.8. The molecule has 1 aliphatic carbocycles. The lowest BCUT2D eigenvalue weighted by Gasteiger charge is -2.18. The van der Waals surface area contributed by atoms with Gasteiger partial charge in [-0.25, -0.2) is 4.79 Å². The highest BCUT2D eigenvalue weighted by atomic mass is 16.3. The Morgan fingerprint density at radius 1 is 1.40 bits per heavy atom. The van der Waals surface area contributed by atoms with Crippen molar-refractivity contribution >= 4 is 6.03 Å². The van der Waals surface area contributed by atoms with Gasteiger partial charge in [0.1, 0.15) is 0 Å². The molecule has 0 unspecified atom stereocenters. The van der Waals surface area contributed by atoms with Gasteiger partial charge in [-0.3, -0.25) is 5.10 Å². The summed E-state index contributed by atoms with van der Waals surface area (Å²) in [7, 11) is 0. The Morgan fingerprint density at radius 2 is 2.25 bits per heavy atom. The minimum Gasteiger partial charge on any atom is -0.390 e. The first-order valence-electron chi connectivity index (χ1n) is 6.52. The van der Waals surface area contributed by atoms with Crippen LogP contribution in [-0.2, 0) is 13.0 Å². The highest BCUT2D eigenvalue weighted by molar-refractivity contribution is 5.74. The zero-order valence-electron chi connectivity index (χ0n) is 10.8. The smallest absolute Gasteiger partial charge is 0.315 e. The fourth-order valence-corrected chi connectivity index (χ4v) is 2.50. The number of aliphatic hydroxyl groups is 1. The molecule has 2 atom stereocenters. The number of amides is 2. The van der Waals surface area contributed by atoms with Crippen LogP contribution < -0.4 is 10.6 Å². The molecule has 1 aromatic heterocycles. The monoisotopic (exact) mass is 272 g/mol. The molecule has 1 heterocycles. The van der Waals surface area contributed by atoms with Gasteiger partial charge < -0.3 is 15.7 Å². The average Bonchev–Trinajstić information content (AvgIpc) is 3.06. The first-order valence-corrected chi connectivity index (χ1v) is 6.52. The summed E-state index contributed by atoms with van der Waals surface area (Å²) in [4.78, 5) is 11.9. The van der Waals surface area contributed by atoms with Crippen molar-refractivity contribution < 1.29 is 9.90 Å². The third kappa shape index (κ3) is 2.50.